The predicted octanol–water partition coefficient (Wildman–Crippen LogP) is 4.24. The van der Waals surface area contributed by atoms with E-state index in [1.54, 1.807) is 11.3 Å². The average Bonchev–Trinajstić information content (AvgIpc) is 2.88. The third-order valence-corrected chi connectivity index (χ3v) is 4.36. The molecule has 1 aromatic heterocycles. The molecule has 1 aromatic carbocycles. The fraction of sp³-hybridized carbons (Fsp3) is 0.214. The van der Waals surface area contributed by atoms with Gasteiger partial charge in [-0.05, 0) is 48.6 Å². The maximum Gasteiger partial charge on any atom is 0.170 e. The van der Waals surface area contributed by atoms with Crippen LogP contribution < -0.4 is 10.6 Å². The van der Waals surface area contributed by atoms with E-state index in [0.717, 1.165) is 24.2 Å². The molecule has 0 bridgehead atoms. The lowest BCUT2D eigenvalue weighted by Crippen LogP contribution is -2.30. The zero-order chi connectivity index (χ0) is 13.7. The number of nitrogens with one attached hydrogen (secondary N) is 2. The Morgan fingerprint density at radius 3 is 2.89 bits per heavy atom. The van der Waals surface area contributed by atoms with Crippen LogP contribution in [0.4, 0.5) is 5.69 Å². The average molecular weight is 311 g/mol. The van der Waals surface area contributed by atoms with Crippen LogP contribution in [0.3, 0.4) is 0 Å². The van der Waals surface area contributed by atoms with Crippen LogP contribution in [-0.2, 0) is 6.42 Å². The summed E-state index contributed by atoms with van der Waals surface area (Å²) in [5.41, 5.74) is 1.88. The van der Waals surface area contributed by atoms with E-state index in [2.05, 4.69) is 28.1 Å². The molecule has 0 spiro atoms. The standard InChI is InChI=1S/C14H15ClN2S2/c1-10-4-2-6-12(13(10)15)17-14(18)16-8-7-11-5-3-9-19-11/h2-6,9H,7-8H2,1H3,(H2,16,17,18). The van der Waals surface area contributed by atoms with Crippen molar-refractivity contribution in [3.63, 3.8) is 0 Å². The molecule has 2 rings (SSSR count). The zero-order valence-electron chi connectivity index (χ0n) is 10.6. The van der Waals surface area contributed by atoms with Crippen molar-refractivity contribution in [2.75, 3.05) is 11.9 Å². The third kappa shape index (κ3) is 4.20. The molecule has 0 aliphatic carbocycles. The van der Waals surface area contributed by atoms with Gasteiger partial charge in [0.1, 0.15) is 0 Å². The normalized spacial score (nSPS) is 10.2. The van der Waals surface area contributed by atoms with Crippen LogP contribution >= 0.6 is 35.2 Å². The van der Waals surface area contributed by atoms with E-state index in [0.29, 0.717) is 10.1 Å². The van der Waals surface area contributed by atoms with Crippen molar-refractivity contribution < 1.29 is 0 Å². The lowest BCUT2D eigenvalue weighted by atomic mass is 10.2. The first-order chi connectivity index (χ1) is 9.16. The van der Waals surface area contributed by atoms with Gasteiger partial charge in [0.05, 0.1) is 10.7 Å². The smallest absolute Gasteiger partial charge is 0.170 e. The molecule has 2 nitrogen and oxygen atoms in total. The van der Waals surface area contributed by atoms with Gasteiger partial charge in [-0.1, -0.05) is 29.8 Å². The molecule has 0 saturated carbocycles. The van der Waals surface area contributed by atoms with Gasteiger partial charge in [-0.2, -0.15) is 0 Å². The first kappa shape index (κ1) is 14.3. The first-order valence-corrected chi connectivity index (χ1v) is 7.66. The number of hydrogen-bond donors (Lipinski definition) is 2. The lowest BCUT2D eigenvalue weighted by molar-refractivity contribution is 0.885. The fourth-order valence-electron chi connectivity index (χ4n) is 1.66. The van der Waals surface area contributed by atoms with Crippen molar-refractivity contribution in [2.45, 2.75) is 13.3 Å². The minimum atomic E-state index is 0.601. The Bertz CT molecular complexity index is 553. The number of halogens is 1. The molecular formula is C14H15ClN2S2. The second-order valence-corrected chi connectivity index (χ2v) is 5.97. The third-order valence-electron chi connectivity index (χ3n) is 2.68. The number of hydrogen-bond acceptors (Lipinski definition) is 2. The van der Waals surface area contributed by atoms with E-state index < -0.39 is 0 Å². The zero-order valence-corrected chi connectivity index (χ0v) is 13.0. The van der Waals surface area contributed by atoms with Gasteiger partial charge in [-0.3, -0.25) is 0 Å². The molecule has 0 atom stereocenters. The summed E-state index contributed by atoms with van der Waals surface area (Å²) in [6, 6.07) is 10.0. The monoisotopic (exact) mass is 310 g/mol. The van der Waals surface area contributed by atoms with Crippen molar-refractivity contribution in [1.29, 1.82) is 0 Å². The predicted molar refractivity (Wildman–Crippen MR) is 88.4 cm³/mol. The van der Waals surface area contributed by atoms with Gasteiger partial charge < -0.3 is 10.6 Å². The van der Waals surface area contributed by atoms with Gasteiger partial charge in [0.25, 0.3) is 0 Å². The summed E-state index contributed by atoms with van der Waals surface area (Å²) in [4.78, 5) is 1.35. The van der Waals surface area contributed by atoms with Gasteiger partial charge in [0, 0.05) is 11.4 Å². The second-order valence-electron chi connectivity index (χ2n) is 4.15. The van der Waals surface area contributed by atoms with Crippen LogP contribution in [0.15, 0.2) is 35.7 Å². The SMILES string of the molecule is Cc1cccc(NC(=S)NCCc2cccs2)c1Cl. The van der Waals surface area contributed by atoms with Crippen LogP contribution in [0.1, 0.15) is 10.4 Å². The Morgan fingerprint density at radius 2 is 2.16 bits per heavy atom. The van der Waals surface area contributed by atoms with Crippen molar-refractivity contribution in [2.24, 2.45) is 0 Å². The summed E-state index contributed by atoms with van der Waals surface area (Å²) in [6.07, 6.45) is 0.973. The van der Waals surface area contributed by atoms with E-state index in [4.69, 9.17) is 23.8 Å². The van der Waals surface area contributed by atoms with Crippen LogP contribution in [0, 0.1) is 6.92 Å². The van der Waals surface area contributed by atoms with Crippen LogP contribution in [0.5, 0.6) is 0 Å². The summed E-state index contributed by atoms with van der Waals surface area (Å²) in [6.45, 7) is 2.79. The molecule has 1 heterocycles. The molecular weight excluding hydrogens is 296 g/mol. The molecule has 0 amide bonds. The van der Waals surface area contributed by atoms with E-state index in [1.807, 2.05) is 25.1 Å². The van der Waals surface area contributed by atoms with Crippen molar-refractivity contribution in [3.05, 3.63) is 51.2 Å². The molecule has 2 N–H and O–H groups in total. The quantitative estimate of drug-likeness (QED) is 0.826. The second kappa shape index (κ2) is 6.89. The van der Waals surface area contributed by atoms with Gasteiger partial charge in [-0.15, -0.1) is 11.3 Å². The summed E-state index contributed by atoms with van der Waals surface area (Å²) in [5.74, 6) is 0. The van der Waals surface area contributed by atoms with Crippen LogP contribution in [-0.4, -0.2) is 11.7 Å². The maximum atomic E-state index is 6.20. The molecule has 0 radical (unpaired) electrons. The summed E-state index contributed by atoms with van der Waals surface area (Å²) in [7, 11) is 0. The summed E-state index contributed by atoms with van der Waals surface area (Å²) < 4.78 is 0. The fourth-order valence-corrected chi connectivity index (χ4v) is 2.76. The van der Waals surface area contributed by atoms with Gasteiger partial charge in [0.15, 0.2) is 5.11 Å². The topological polar surface area (TPSA) is 24.1 Å². The Morgan fingerprint density at radius 1 is 1.32 bits per heavy atom. The summed E-state index contributed by atoms with van der Waals surface area (Å²) >= 11 is 13.2. The van der Waals surface area contributed by atoms with Gasteiger partial charge in [0.2, 0.25) is 0 Å². The van der Waals surface area contributed by atoms with Crippen molar-refractivity contribution in [1.82, 2.24) is 5.32 Å². The Hall–Kier alpha value is -1.10. The number of aryl methyl sites for hydroxylation is 1. The molecule has 19 heavy (non-hydrogen) atoms. The maximum absolute atomic E-state index is 6.20. The van der Waals surface area contributed by atoms with Crippen LogP contribution in [0.25, 0.3) is 0 Å². The highest BCUT2D eigenvalue weighted by atomic mass is 35.5. The number of thiophene rings is 1. The van der Waals surface area contributed by atoms with Crippen molar-refractivity contribution >= 4 is 46.0 Å². The molecule has 0 aliphatic rings. The minimum absolute atomic E-state index is 0.601. The number of rotatable bonds is 4. The molecule has 0 fully saturated rings. The number of benzene rings is 1. The number of anilines is 1. The Balaban J connectivity index is 1.82. The molecule has 100 valence electrons. The van der Waals surface area contributed by atoms with Crippen LogP contribution in [0.2, 0.25) is 5.02 Å². The Kier molecular flexibility index (Phi) is 5.19. The van der Waals surface area contributed by atoms with Gasteiger partial charge in [-0.25, -0.2) is 0 Å². The van der Waals surface area contributed by atoms with E-state index >= 15 is 0 Å². The molecule has 2 aromatic rings. The van der Waals surface area contributed by atoms with E-state index in [9.17, 15) is 0 Å². The van der Waals surface area contributed by atoms with Gasteiger partial charge >= 0.3 is 0 Å². The number of thiocarbonyl (C=S) groups is 1. The molecule has 0 saturated heterocycles. The Labute approximate surface area is 127 Å². The molecule has 5 heteroatoms. The van der Waals surface area contributed by atoms with E-state index in [-0.39, 0.29) is 0 Å². The largest absolute Gasteiger partial charge is 0.362 e. The highest BCUT2D eigenvalue weighted by Gasteiger charge is 2.04. The summed E-state index contributed by atoms with van der Waals surface area (Å²) in [5, 5.41) is 9.70. The molecule has 0 unspecified atom stereocenters. The van der Waals surface area contributed by atoms with Crippen molar-refractivity contribution in [3.8, 4) is 0 Å². The highest BCUT2D eigenvalue weighted by molar-refractivity contribution is 7.80. The van der Waals surface area contributed by atoms with E-state index in [1.165, 1.54) is 4.88 Å². The first-order valence-electron chi connectivity index (χ1n) is 5.99. The highest BCUT2D eigenvalue weighted by Crippen LogP contribution is 2.24. The minimum Gasteiger partial charge on any atom is -0.362 e. The molecule has 0 aliphatic heterocycles. The lowest BCUT2D eigenvalue weighted by Gasteiger charge is -2.12.